The molecule has 232 valence electrons. The van der Waals surface area contributed by atoms with Gasteiger partial charge in [-0.15, -0.1) is 0 Å². The Balaban J connectivity index is 1.26. The predicted molar refractivity (Wildman–Crippen MR) is 216 cm³/mol. The first-order chi connectivity index (χ1) is 24.8. The highest BCUT2D eigenvalue weighted by atomic mass is 14.2. The van der Waals surface area contributed by atoms with E-state index in [-0.39, 0.29) is 0 Å². The van der Waals surface area contributed by atoms with Crippen LogP contribution >= 0.6 is 0 Å². The van der Waals surface area contributed by atoms with Crippen molar-refractivity contribution in [1.82, 2.24) is 0 Å². The maximum Gasteiger partial charge on any atom is -0.00141 e. The summed E-state index contributed by atoms with van der Waals surface area (Å²) in [5.74, 6) is 0. The van der Waals surface area contributed by atoms with Crippen LogP contribution in [0.5, 0.6) is 0 Å². The Morgan fingerprint density at radius 1 is 0.220 bits per heavy atom. The Kier molecular flexibility index (Phi) is 6.60. The van der Waals surface area contributed by atoms with Crippen molar-refractivity contribution >= 4 is 53.9 Å². The maximum atomic E-state index is 2.35. The third-order valence-electron chi connectivity index (χ3n) is 10.4. The van der Waals surface area contributed by atoms with Gasteiger partial charge < -0.3 is 0 Å². The van der Waals surface area contributed by atoms with Crippen molar-refractivity contribution in [2.24, 2.45) is 0 Å². The van der Waals surface area contributed by atoms with Crippen molar-refractivity contribution in [3.05, 3.63) is 194 Å². The van der Waals surface area contributed by atoms with Crippen LogP contribution in [-0.4, -0.2) is 0 Å². The summed E-state index contributed by atoms with van der Waals surface area (Å²) >= 11 is 0. The molecule has 0 aliphatic carbocycles. The van der Waals surface area contributed by atoms with Gasteiger partial charge in [0.05, 0.1) is 0 Å². The molecular weight excluding hydrogens is 601 g/mol. The molecule has 10 aromatic rings. The second kappa shape index (κ2) is 11.6. The summed E-state index contributed by atoms with van der Waals surface area (Å²) in [6.07, 6.45) is 0. The Labute approximate surface area is 291 Å². The summed E-state index contributed by atoms with van der Waals surface area (Å²) in [4.78, 5) is 0. The van der Waals surface area contributed by atoms with Crippen molar-refractivity contribution in [3.63, 3.8) is 0 Å². The van der Waals surface area contributed by atoms with Crippen LogP contribution in [0.2, 0.25) is 0 Å². The second-order valence-corrected chi connectivity index (χ2v) is 13.2. The number of hydrogen-bond donors (Lipinski definition) is 0. The van der Waals surface area contributed by atoms with Crippen LogP contribution in [0.25, 0.3) is 98.4 Å². The van der Waals surface area contributed by atoms with Crippen LogP contribution in [0.3, 0.4) is 0 Å². The third-order valence-corrected chi connectivity index (χ3v) is 10.4. The molecule has 0 spiro atoms. The zero-order valence-corrected chi connectivity index (χ0v) is 27.5. The van der Waals surface area contributed by atoms with E-state index in [2.05, 4.69) is 194 Å². The minimum atomic E-state index is 1.22. The van der Waals surface area contributed by atoms with Crippen LogP contribution in [0.1, 0.15) is 0 Å². The van der Waals surface area contributed by atoms with Crippen LogP contribution < -0.4 is 0 Å². The molecule has 0 unspecified atom stereocenters. The number of benzene rings is 10. The molecule has 0 aromatic heterocycles. The summed E-state index contributed by atoms with van der Waals surface area (Å²) in [6.45, 7) is 0. The molecule has 0 amide bonds. The smallest absolute Gasteiger partial charge is 0.00141 e. The number of hydrogen-bond acceptors (Lipinski definition) is 0. The van der Waals surface area contributed by atoms with E-state index in [9.17, 15) is 0 Å². The van der Waals surface area contributed by atoms with Gasteiger partial charge in [0.15, 0.2) is 0 Å². The minimum Gasteiger partial charge on any atom is -0.0616 e. The van der Waals surface area contributed by atoms with Gasteiger partial charge in [0.25, 0.3) is 0 Å². The molecule has 10 rings (SSSR count). The summed E-state index contributed by atoms with van der Waals surface area (Å²) in [7, 11) is 0. The monoisotopic (exact) mass is 632 g/mol. The molecule has 0 atom stereocenters. The van der Waals surface area contributed by atoms with E-state index in [1.54, 1.807) is 0 Å². The Bertz CT molecular complexity index is 2900. The lowest BCUT2D eigenvalue weighted by atomic mass is 9.82. The van der Waals surface area contributed by atoms with Crippen LogP contribution in [0.15, 0.2) is 194 Å². The topological polar surface area (TPSA) is 0 Å². The summed E-state index contributed by atoms with van der Waals surface area (Å²) in [5, 5.41) is 12.7. The number of rotatable bonds is 4. The predicted octanol–water partition coefficient (Wildman–Crippen LogP) is 14.1. The lowest BCUT2D eigenvalue weighted by Crippen LogP contribution is -1.94. The van der Waals surface area contributed by atoms with E-state index >= 15 is 0 Å². The van der Waals surface area contributed by atoms with E-state index in [4.69, 9.17) is 0 Å². The van der Waals surface area contributed by atoms with E-state index in [1.807, 2.05) is 0 Å². The molecule has 0 saturated heterocycles. The maximum absolute atomic E-state index is 2.35. The van der Waals surface area contributed by atoms with Crippen molar-refractivity contribution in [1.29, 1.82) is 0 Å². The third kappa shape index (κ3) is 4.54. The molecule has 0 N–H and O–H groups in total. The Hall–Kier alpha value is -6.50. The van der Waals surface area contributed by atoms with Crippen molar-refractivity contribution in [3.8, 4) is 44.5 Å². The normalized spacial score (nSPS) is 11.6. The number of fused-ring (bicyclic) bond motifs is 6. The first-order valence-electron chi connectivity index (χ1n) is 17.4. The fourth-order valence-corrected chi connectivity index (χ4v) is 8.14. The van der Waals surface area contributed by atoms with Crippen LogP contribution in [0.4, 0.5) is 0 Å². The average Bonchev–Trinajstić information content (AvgIpc) is 3.19. The average molecular weight is 633 g/mol. The second-order valence-electron chi connectivity index (χ2n) is 13.2. The van der Waals surface area contributed by atoms with Gasteiger partial charge in [0.1, 0.15) is 0 Å². The van der Waals surface area contributed by atoms with Gasteiger partial charge in [0, 0.05) is 0 Å². The van der Waals surface area contributed by atoms with Gasteiger partial charge in [0.2, 0.25) is 0 Å². The molecule has 10 aromatic carbocycles. The fraction of sp³-hybridized carbons (Fsp3) is 0. The molecular formula is C50H32. The lowest BCUT2D eigenvalue weighted by Gasteiger charge is -2.21. The first-order valence-corrected chi connectivity index (χ1v) is 17.4. The quantitative estimate of drug-likeness (QED) is 0.134. The highest BCUT2D eigenvalue weighted by Crippen LogP contribution is 2.48. The molecule has 0 fully saturated rings. The van der Waals surface area contributed by atoms with Gasteiger partial charge in [-0.1, -0.05) is 188 Å². The highest BCUT2D eigenvalue weighted by Gasteiger charge is 2.20. The minimum absolute atomic E-state index is 1.22. The summed E-state index contributed by atoms with van der Waals surface area (Å²) < 4.78 is 0. The Morgan fingerprint density at radius 2 is 0.720 bits per heavy atom. The van der Waals surface area contributed by atoms with Gasteiger partial charge in [-0.3, -0.25) is 0 Å². The van der Waals surface area contributed by atoms with E-state index in [0.29, 0.717) is 0 Å². The van der Waals surface area contributed by atoms with Crippen LogP contribution in [0, 0.1) is 0 Å². The van der Waals surface area contributed by atoms with Crippen molar-refractivity contribution < 1.29 is 0 Å². The molecule has 0 nitrogen and oxygen atoms in total. The lowest BCUT2D eigenvalue weighted by molar-refractivity contribution is 1.62. The Morgan fingerprint density at radius 3 is 1.50 bits per heavy atom. The fourth-order valence-electron chi connectivity index (χ4n) is 8.14. The van der Waals surface area contributed by atoms with Gasteiger partial charge in [-0.2, -0.15) is 0 Å². The van der Waals surface area contributed by atoms with Gasteiger partial charge >= 0.3 is 0 Å². The van der Waals surface area contributed by atoms with E-state index < -0.39 is 0 Å². The van der Waals surface area contributed by atoms with Crippen molar-refractivity contribution in [2.75, 3.05) is 0 Å². The van der Waals surface area contributed by atoms with E-state index in [1.165, 1.54) is 98.4 Å². The van der Waals surface area contributed by atoms with Crippen LogP contribution in [-0.2, 0) is 0 Å². The molecule has 0 radical (unpaired) electrons. The zero-order valence-electron chi connectivity index (χ0n) is 27.5. The summed E-state index contributed by atoms with van der Waals surface area (Å²) in [5.41, 5.74) is 9.99. The van der Waals surface area contributed by atoms with Crippen molar-refractivity contribution in [2.45, 2.75) is 0 Å². The molecule has 0 bridgehead atoms. The molecule has 0 heterocycles. The molecule has 50 heavy (non-hydrogen) atoms. The highest BCUT2D eigenvalue weighted by molar-refractivity contribution is 6.28. The van der Waals surface area contributed by atoms with E-state index in [0.717, 1.165) is 0 Å². The SMILES string of the molecule is c1ccc(-c2c3ccccc3c(-c3ccc(-c4cccc5ccccc45)cc3)c3c2ccc2ccccc23)c(-c2ccc3ccccc3c2)c1. The van der Waals surface area contributed by atoms with Gasteiger partial charge in [-0.25, -0.2) is 0 Å². The van der Waals surface area contributed by atoms with Gasteiger partial charge in [-0.05, 0) is 104 Å². The first kappa shape index (κ1) is 28.5. The largest absolute Gasteiger partial charge is 0.0616 e. The molecule has 0 heteroatoms. The molecule has 0 aliphatic rings. The zero-order chi connectivity index (χ0) is 33.0. The standard InChI is InChI=1S/C50H32/c1-2-15-38-32-39(29-24-33(38)12-1)42-18-7-8-20-44(42)49-46-22-10-9-21-45(46)48(50-43-19-6-4-14-35(43)30-31-47(49)50)37-27-25-36(26-28-37)41-23-11-16-34-13-3-5-17-40(34)41/h1-32H. The summed E-state index contributed by atoms with van der Waals surface area (Å²) in [6, 6.07) is 71.4. The molecule has 0 saturated carbocycles. The molecule has 0 aliphatic heterocycles.